The number of aromatic nitrogens is 2. The Bertz CT molecular complexity index is 347. The van der Waals surface area contributed by atoms with E-state index in [1.165, 1.54) is 0 Å². The number of hydrogen-bond acceptors (Lipinski definition) is 3. The zero-order chi connectivity index (χ0) is 11.9. The number of nitrogens with zero attached hydrogens (tertiary/aromatic N) is 2. The number of hydrogen-bond donors (Lipinski definition) is 2. The minimum absolute atomic E-state index is 0.0132. The molecular formula is C11H21N3O. The molecule has 0 aromatic carbocycles. The highest BCUT2D eigenvalue weighted by Gasteiger charge is 2.28. The molecule has 0 fully saturated rings. The van der Waals surface area contributed by atoms with E-state index in [1.807, 2.05) is 13.1 Å². The summed E-state index contributed by atoms with van der Waals surface area (Å²) in [7, 11) is 1.83. The van der Waals surface area contributed by atoms with Crippen molar-refractivity contribution in [1.82, 2.24) is 9.78 Å². The normalized spacial score (nSPS) is 16.5. The third kappa shape index (κ3) is 2.38. The summed E-state index contributed by atoms with van der Waals surface area (Å²) in [6.07, 6.45) is 0. The molecule has 3 N–H and O–H groups in total. The van der Waals surface area contributed by atoms with Crippen LogP contribution in [0, 0.1) is 0 Å². The van der Waals surface area contributed by atoms with Crippen LogP contribution < -0.4 is 5.73 Å². The van der Waals surface area contributed by atoms with Gasteiger partial charge in [-0.3, -0.25) is 4.68 Å². The van der Waals surface area contributed by atoms with Crippen molar-refractivity contribution in [2.45, 2.75) is 38.7 Å². The monoisotopic (exact) mass is 211 g/mol. The molecule has 0 aliphatic rings. The highest BCUT2D eigenvalue weighted by molar-refractivity contribution is 5.22. The maximum atomic E-state index is 10.1. The molecule has 0 aliphatic heterocycles. The van der Waals surface area contributed by atoms with Crippen LogP contribution in [-0.2, 0) is 18.1 Å². The second-order valence-corrected chi connectivity index (χ2v) is 5.27. The van der Waals surface area contributed by atoms with Crippen molar-refractivity contribution >= 4 is 0 Å². The van der Waals surface area contributed by atoms with Crippen LogP contribution in [0.1, 0.15) is 39.1 Å². The third-order valence-corrected chi connectivity index (χ3v) is 2.60. The Labute approximate surface area is 91.1 Å². The first-order chi connectivity index (χ1) is 6.68. The Morgan fingerprint density at radius 3 is 2.27 bits per heavy atom. The molecule has 0 saturated carbocycles. The zero-order valence-corrected chi connectivity index (χ0v) is 10.2. The van der Waals surface area contributed by atoms with Gasteiger partial charge in [-0.15, -0.1) is 0 Å². The first kappa shape index (κ1) is 12.2. The second-order valence-electron chi connectivity index (χ2n) is 5.27. The van der Waals surface area contributed by atoms with Crippen LogP contribution in [0.5, 0.6) is 0 Å². The van der Waals surface area contributed by atoms with Gasteiger partial charge in [0.1, 0.15) is 5.60 Å². The summed E-state index contributed by atoms with van der Waals surface area (Å²) in [4.78, 5) is 0. The van der Waals surface area contributed by atoms with Crippen LogP contribution in [0.4, 0.5) is 0 Å². The van der Waals surface area contributed by atoms with Gasteiger partial charge < -0.3 is 10.8 Å². The number of rotatable bonds is 2. The molecule has 4 nitrogen and oxygen atoms in total. The van der Waals surface area contributed by atoms with Crippen LogP contribution >= 0.6 is 0 Å². The van der Waals surface area contributed by atoms with E-state index in [-0.39, 0.29) is 12.0 Å². The van der Waals surface area contributed by atoms with Crippen molar-refractivity contribution in [3.05, 3.63) is 17.5 Å². The molecule has 0 spiro atoms. The van der Waals surface area contributed by atoms with Gasteiger partial charge in [0.05, 0.1) is 11.4 Å². The molecular weight excluding hydrogens is 190 g/mol. The smallest absolute Gasteiger partial charge is 0.115 e. The van der Waals surface area contributed by atoms with Crippen LogP contribution in [0.15, 0.2) is 6.07 Å². The minimum Gasteiger partial charge on any atom is -0.383 e. The molecule has 0 saturated heterocycles. The van der Waals surface area contributed by atoms with Gasteiger partial charge >= 0.3 is 0 Å². The molecule has 1 aromatic rings. The molecule has 1 unspecified atom stereocenters. The fourth-order valence-corrected chi connectivity index (χ4v) is 1.44. The van der Waals surface area contributed by atoms with Crippen molar-refractivity contribution < 1.29 is 5.11 Å². The van der Waals surface area contributed by atoms with Gasteiger partial charge in [0.2, 0.25) is 0 Å². The summed E-state index contributed by atoms with van der Waals surface area (Å²) in [5.41, 5.74) is 6.24. The summed E-state index contributed by atoms with van der Waals surface area (Å²) in [6.45, 7) is 8.18. The molecule has 15 heavy (non-hydrogen) atoms. The maximum Gasteiger partial charge on any atom is 0.115 e. The predicted molar refractivity (Wildman–Crippen MR) is 60.5 cm³/mol. The summed E-state index contributed by atoms with van der Waals surface area (Å²) < 4.78 is 1.70. The average molecular weight is 211 g/mol. The lowest BCUT2D eigenvalue weighted by Gasteiger charge is -2.20. The molecule has 0 amide bonds. The van der Waals surface area contributed by atoms with Crippen LogP contribution in [0.3, 0.4) is 0 Å². The molecule has 0 radical (unpaired) electrons. The van der Waals surface area contributed by atoms with Crippen molar-refractivity contribution in [2.24, 2.45) is 12.8 Å². The molecule has 0 aliphatic carbocycles. The van der Waals surface area contributed by atoms with Gasteiger partial charge in [-0.05, 0) is 13.0 Å². The lowest BCUT2D eigenvalue weighted by Crippen LogP contribution is -2.33. The molecule has 1 aromatic heterocycles. The lowest BCUT2D eigenvalue weighted by atomic mass is 9.91. The van der Waals surface area contributed by atoms with Crippen LogP contribution in [0.25, 0.3) is 0 Å². The van der Waals surface area contributed by atoms with Crippen molar-refractivity contribution in [1.29, 1.82) is 0 Å². The van der Waals surface area contributed by atoms with E-state index in [4.69, 9.17) is 5.73 Å². The largest absolute Gasteiger partial charge is 0.383 e. The van der Waals surface area contributed by atoms with Gasteiger partial charge in [0.15, 0.2) is 0 Å². The van der Waals surface area contributed by atoms with E-state index < -0.39 is 5.60 Å². The highest BCUT2D eigenvalue weighted by atomic mass is 16.3. The minimum atomic E-state index is -1.01. The van der Waals surface area contributed by atoms with E-state index in [1.54, 1.807) is 11.6 Å². The maximum absolute atomic E-state index is 10.1. The summed E-state index contributed by atoms with van der Waals surface area (Å²) in [6, 6.07) is 1.92. The predicted octanol–water partition coefficient (Wildman–Crippen LogP) is 0.884. The molecule has 0 bridgehead atoms. The first-order valence-corrected chi connectivity index (χ1v) is 5.16. The van der Waals surface area contributed by atoms with Crippen molar-refractivity contribution in [3.63, 3.8) is 0 Å². The van der Waals surface area contributed by atoms with Crippen LogP contribution in [-0.4, -0.2) is 21.4 Å². The van der Waals surface area contributed by atoms with E-state index in [2.05, 4.69) is 25.9 Å². The number of aliphatic hydroxyl groups is 1. The van der Waals surface area contributed by atoms with Gasteiger partial charge in [0, 0.05) is 19.0 Å². The Kier molecular flexibility index (Phi) is 2.94. The first-order valence-electron chi connectivity index (χ1n) is 5.16. The Balaban J connectivity index is 3.18. The summed E-state index contributed by atoms with van der Waals surface area (Å²) in [5.74, 6) is 0. The average Bonchev–Trinajstić information content (AvgIpc) is 2.47. The fourth-order valence-electron chi connectivity index (χ4n) is 1.44. The Morgan fingerprint density at radius 2 is 1.93 bits per heavy atom. The molecule has 4 heteroatoms. The Hall–Kier alpha value is -0.870. The Morgan fingerprint density at radius 1 is 1.40 bits per heavy atom. The van der Waals surface area contributed by atoms with E-state index in [0.717, 1.165) is 11.4 Å². The topological polar surface area (TPSA) is 64.1 Å². The van der Waals surface area contributed by atoms with Crippen LogP contribution in [0.2, 0.25) is 0 Å². The highest BCUT2D eigenvalue weighted by Crippen LogP contribution is 2.26. The molecule has 1 heterocycles. The van der Waals surface area contributed by atoms with Gasteiger partial charge in [-0.25, -0.2) is 0 Å². The molecule has 1 atom stereocenters. The van der Waals surface area contributed by atoms with Gasteiger partial charge in [0.25, 0.3) is 0 Å². The molecule has 1 rings (SSSR count). The standard InChI is InChI=1S/C11H21N3O/c1-10(2,3)8-6-9(14(5)13-8)11(4,15)7-12/h6,15H,7,12H2,1-5H3. The second kappa shape index (κ2) is 3.61. The summed E-state index contributed by atoms with van der Waals surface area (Å²) >= 11 is 0. The third-order valence-electron chi connectivity index (χ3n) is 2.60. The van der Waals surface area contributed by atoms with Gasteiger partial charge in [-0.1, -0.05) is 20.8 Å². The molecule has 86 valence electrons. The van der Waals surface area contributed by atoms with E-state index >= 15 is 0 Å². The van der Waals surface area contributed by atoms with Crippen molar-refractivity contribution in [3.8, 4) is 0 Å². The SMILES string of the molecule is Cn1nc(C(C)(C)C)cc1C(C)(O)CN. The quantitative estimate of drug-likeness (QED) is 0.763. The number of aryl methyl sites for hydroxylation is 1. The zero-order valence-electron chi connectivity index (χ0n) is 10.2. The lowest BCUT2D eigenvalue weighted by molar-refractivity contribution is 0.0581. The number of nitrogens with two attached hydrogens (primary N) is 1. The van der Waals surface area contributed by atoms with Crippen molar-refractivity contribution in [2.75, 3.05) is 6.54 Å². The van der Waals surface area contributed by atoms with E-state index in [9.17, 15) is 5.11 Å². The van der Waals surface area contributed by atoms with E-state index in [0.29, 0.717) is 0 Å². The fraction of sp³-hybridized carbons (Fsp3) is 0.727. The van der Waals surface area contributed by atoms with Gasteiger partial charge in [-0.2, -0.15) is 5.10 Å². The summed E-state index contributed by atoms with van der Waals surface area (Å²) in [5, 5.41) is 14.5.